The van der Waals surface area contributed by atoms with E-state index < -0.39 is 0 Å². The lowest BCUT2D eigenvalue weighted by Crippen LogP contribution is -2.23. The highest BCUT2D eigenvalue weighted by Crippen LogP contribution is 2.25. The van der Waals surface area contributed by atoms with Crippen molar-refractivity contribution in [2.24, 2.45) is 0 Å². The number of hydrogen-bond donors (Lipinski definition) is 0. The third kappa shape index (κ3) is 2.39. The summed E-state index contributed by atoms with van der Waals surface area (Å²) >= 11 is 3.48. The van der Waals surface area contributed by atoms with E-state index in [0.717, 1.165) is 40.9 Å². The zero-order valence-electron chi connectivity index (χ0n) is 11.5. The normalized spacial score (nSPS) is 10.9. The van der Waals surface area contributed by atoms with Crippen LogP contribution in [0.2, 0.25) is 0 Å². The predicted molar refractivity (Wildman–Crippen MR) is 81.0 cm³/mol. The van der Waals surface area contributed by atoms with Crippen molar-refractivity contribution in [3.8, 4) is 0 Å². The number of amides is 1. The Morgan fingerprint density at radius 1 is 1.47 bits per heavy atom. The third-order valence-corrected chi connectivity index (χ3v) is 3.88. The fourth-order valence-electron chi connectivity index (χ4n) is 2.31. The quantitative estimate of drug-likeness (QED) is 0.626. The zero-order chi connectivity index (χ0) is 14.0. The third-order valence-electron chi connectivity index (χ3n) is 3.23. The highest BCUT2D eigenvalue weighted by Gasteiger charge is 2.17. The fourth-order valence-corrected chi connectivity index (χ4v) is 2.61. The number of pyridine rings is 1. The Hall–Kier alpha value is -1.36. The minimum absolute atomic E-state index is 0.641. The average molecular weight is 324 g/mol. The smallest absolute Gasteiger partial charge is 0.215 e. The van der Waals surface area contributed by atoms with E-state index in [1.807, 2.05) is 17.5 Å². The van der Waals surface area contributed by atoms with Crippen LogP contribution < -0.4 is 4.90 Å². The highest BCUT2D eigenvalue weighted by atomic mass is 79.9. The molecule has 0 unspecified atom stereocenters. The molecule has 5 heteroatoms. The Kier molecular flexibility index (Phi) is 4.24. The van der Waals surface area contributed by atoms with E-state index in [2.05, 4.69) is 40.8 Å². The van der Waals surface area contributed by atoms with E-state index >= 15 is 0 Å². The van der Waals surface area contributed by atoms with Crippen molar-refractivity contribution in [3.05, 3.63) is 29.1 Å². The van der Waals surface area contributed by atoms with Gasteiger partial charge in [0.15, 0.2) is 0 Å². The van der Waals surface area contributed by atoms with E-state index in [0.29, 0.717) is 6.54 Å². The molecule has 4 nitrogen and oxygen atoms in total. The van der Waals surface area contributed by atoms with Gasteiger partial charge in [0.05, 0.1) is 5.69 Å². The number of fused-ring (bicyclic) bond motifs is 1. The Morgan fingerprint density at radius 2 is 2.21 bits per heavy atom. The molecule has 0 saturated carbocycles. The molecule has 1 amide bonds. The van der Waals surface area contributed by atoms with Gasteiger partial charge in [-0.1, -0.05) is 28.9 Å². The molecule has 19 heavy (non-hydrogen) atoms. The summed E-state index contributed by atoms with van der Waals surface area (Å²) in [4.78, 5) is 17.6. The summed E-state index contributed by atoms with van der Waals surface area (Å²) in [7, 11) is 0. The number of halogens is 1. The van der Waals surface area contributed by atoms with Crippen molar-refractivity contribution in [3.63, 3.8) is 0 Å². The largest absolute Gasteiger partial charge is 0.299 e. The maximum atomic E-state index is 11.3. The molecule has 2 rings (SSSR count). The molecule has 0 N–H and O–H groups in total. The van der Waals surface area contributed by atoms with Gasteiger partial charge in [-0.05, 0) is 31.4 Å². The van der Waals surface area contributed by atoms with Crippen LogP contribution in [0.25, 0.3) is 5.65 Å². The maximum absolute atomic E-state index is 11.3. The van der Waals surface area contributed by atoms with Crippen LogP contribution in [0, 0.1) is 6.92 Å². The summed E-state index contributed by atoms with van der Waals surface area (Å²) in [6.45, 7) is 6.72. The Bertz CT molecular complexity index is 606. The molecule has 0 aliphatic rings. The average Bonchev–Trinajstić information content (AvgIpc) is 2.80. The summed E-state index contributed by atoms with van der Waals surface area (Å²) in [6.07, 6.45) is 3.73. The number of aromatic nitrogens is 2. The van der Waals surface area contributed by atoms with Crippen molar-refractivity contribution in [2.75, 3.05) is 11.4 Å². The summed E-state index contributed by atoms with van der Waals surface area (Å²) in [5, 5.41) is 0.788. The number of nitrogens with zero attached hydrogens (tertiary/aromatic N) is 3. The van der Waals surface area contributed by atoms with Gasteiger partial charge in [0, 0.05) is 18.1 Å². The standard InChI is InChI=1S/C14H18BrN3O/c1-4-12-14(17(5-2)9-19)18-8-11(7-15)6-10(3)13(18)16-12/h6,8-9H,4-5,7H2,1-3H3. The van der Waals surface area contributed by atoms with Crippen LogP contribution in [0.3, 0.4) is 0 Å². The van der Waals surface area contributed by atoms with E-state index in [9.17, 15) is 4.79 Å². The molecular formula is C14H18BrN3O. The second-order valence-electron chi connectivity index (χ2n) is 4.49. The molecule has 2 heterocycles. The number of aryl methyl sites for hydroxylation is 2. The molecule has 0 saturated heterocycles. The first-order valence-corrected chi connectivity index (χ1v) is 7.56. The van der Waals surface area contributed by atoms with Gasteiger partial charge in [-0.25, -0.2) is 4.98 Å². The number of alkyl halides is 1. The van der Waals surface area contributed by atoms with Crippen molar-refractivity contribution in [1.82, 2.24) is 9.38 Å². The topological polar surface area (TPSA) is 37.6 Å². The SMILES string of the molecule is CCc1nc2c(C)cc(CBr)cn2c1N(C=O)CC. The van der Waals surface area contributed by atoms with Crippen molar-refractivity contribution in [2.45, 2.75) is 32.5 Å². The number of carbonyl (C=O) groups excluding carboxylic acids is 1. The van der Waals surface area contributed by atoms with Gasteiger partial charge in [-0.2, -0.15) is 0 Å². The minimum atomic E-state index is 0.641. The second kappa shape index (κ2) is 5.74. The van der Waals surface area contributed by atoms with E-state index in [1.54, 1.807) is 4.90 Å². The first-order chi connectivity index (χ1) is 9.15. The fraction of sp³-hybridized carbons (Fsp3) is 0.429. The Balaban J connectivity index is 2.78. The van der Waals surface area contributed by atoms with Gasteiger partial charge in [-0.15, -0.1) is 0 Å². The van der Waals surface area contributed by atoms with E-state index in [4.69, 9.17) is 0 Å². The molecule has 0 spiro atoms. The van der Waals surface area contributed by atoms with Crippen LogP contribution >= 0.6 is 15.9 Å². The lowest BCUT2D eigenvalue weighted by Gasteiger charge is -2.16. The first kappa shape index (κ1) is 14.1. The minimum Gasteiger partial charge on any atom is -0.299 e. The predicted octanol–water partition coefficient (Wildman–Crippen LogP) is 3.08. The monoisotopic (exact) mass is 323 g/mol. The molecule has 0 bridgehead atoms. The summed E-state index contributed by atoms with van der Waals surface area (Å²) in [5.74, 6) is 0.890. The van der Waals surface area contributed by atoms with Crippen LogP contribution in [0.1, 0.15) is 30.7 Å². The Labute approximate surface area is 121 Å². The number of rotatable bonds is 5. The van der Waals surface area contributed by atoms with Crippen molar-refractivity contribution >= 4 is 33.8 Å². The van der Waals surface area contributed by atoms with Crippen LogP contribution in [0.15, 0.2) is 12.3 Å². The van der Waals surface area contributed by atoms with Crippen LogP contribution in [-0.2, 0) is 16.5 Å². The molecule has 0 fully saturated rings. The van der Waals surface area contributed by atoms with Crippen LogP contribution in [0.5, 0.6) is 0 Å². The molecule has 2 aromatic heterocycles. The van der Waals surface area contributed by atoms with E-state index in [-0.39, 0.29) is 0 Å². The summed E-state index contributed by atoms with van der Waals surface area (Å²) < 4.78 is 2.03. The maximum Gasteiger partial charge on any atom is 0.215 e. The molecule has 0 aliphatic carbocycles. The van der Waals surface area contributed by atoms with Gasteiger partial charge in [0.25, 0.3) is 0 Å². The van der Waals surface area contributed by atoms with E-state index in [1.165, 1.54) is 5.56 Å². The number of hydrogen-bond acceptors (Lipinski definition) is 2. The highest BCUT2D eigenvalue weighted by molar-refractivity contribution is 9.08. The second-order valence-corrected chi connectivity index (χ2v) is 5.05. The lowest BCUT2D eigenvalue weighted by molar-refractivity contribution is -0.107. The molecule has 102 valence electrons. The number of imidazole rings is 1. The zero-order valence-corrected chi connectivity index (χ0v) is 13.1. The molecule has 2 aromatic rings. The van der Waals surface area contributed by atoms with Crippen LogP contribution in [0.4, 0.5) is 5.82 Å². The molecule has 0 atom stereocenters. The first-order valence-electron chi connectivity index (χ1n) is 6.44. The van der Waals surface area contributed by atoms with Crippen molar-refractivity contribution in [1.29, 1.82) is 0 Å². The lowest BCUT2D eigenvalue weighted by atomic mass is 10.2. The number of carbonyl (C=O) groups is 1. The summed E-state index contributed by atoms with van der Waals surface area (Å²) in [6, 6.07) is 2.12. The van der Waals surface area contributed by atoms with Gasteiger partial charge in [-0.3, -0.25) is 14.1 Å². The molecule has 0 aromatic carbocycles. The Morgan fingerprint density at radius 3 is 2.74 bits per heavy atom. The summed E-state index contributed by atoms with van der Waals surface area (Å²) in [5.41, 5.74) is 4.19. The van der Waals surface area contributed by atoms with Crippen molar-refractivity contribution < 1.29 is 4.79 Å². The van der Waals surface area contributed by atoms with Gasteiger partial charge in [0.2, 0.25) is 6.41 Å². The van der Waals surface area contributed by atoms with Gasteiger partial charge >= 0.3 is 0 Å². The molecular weight excluding hydrogens is 306 g/mol. The number of anilines is 1. The molecule has 0 radical (unpaired) electrons. The van der Waals surface area contributed by atoms with Gasteiger partial charge < -0.3 is 0 Å². The van der Waals surface area contributed by atoms with Crippen LogP contribution in [-0.4, -0.2) is 22.3 Å². The van der Waals surface area contributed by atoms with Gasteiger partial charge in [0.1, 0.15) is 11.5 Å². The molecule has 0 aliphatic heterocycles.